The second kappa shape index (κ2) is 4.84. The minimum absolute atomic E-state index is 0.161. The Morgan fingerprint density at radius 1 is 1.09 bits per heavy atom. The highest BCUT2D eigenvalue weighted by Crippen LogP contribution is 2.32. The van der Waals surface area contributed by atoms with Crippen LogP contribution < -0.4 is 0 Å². The number of hydrogen-bond acceptors (Lipinski definition) is 4. The van der Waals surface area contributed by atoms with E-state index in [0.717, 1.165) is 5.56 Å². The van der Waals surface area contributed by atoms with Gasteiger partial charge in [0.15, 0.2) is 5.76 Å². The summed E-state index contributed by atoms with van der Waals surface area (Å²) in [5.74, 6) is -0.887. The van der Waals surface area contributed by atoms with Crippen molar-refractivity contribution in [3.8, 4) is 11.5 Å². The highest BCUT2D eigenvalue weighted by Gasteiger charge is 2.26. The van der Waals surface area contributed by atoms with E-state index in [1.54, 1.807) is 12.3 Å². The molecule has 0 fully saturated rings. The van der Waals surface area contributed by atoms with Gasteiger partial charge in [0, 0.05) is 17.3 Å². The summed E-state index contributed by atoms with van der Waals surface area (Å²) in [5.41, 5.74) is 1.90. The smallest absolute Gasteiger partial charge is 0.162 e. The van der Waals surface area contributed by atoms with Crippen molar-refractivity contribution in [3.63, 3.8) is 0 Å². The molecule has 0 aliphatic carbocycles. The summed E-state index contributed by atoms with van der Waals surface area (Å²) in [6.45, 7) is 0.226. The third-order valence-electron chi connectivity index (χ3n) is 3.53. The van der Waals surface area contributed by atoms with E-state index < -0.39 is 11.6 Å². The Morgan fingerprint density at radius 3 is 2.73 bits per heavy atom. The molecule has 22 heavy (non-hydrogen) atoms. The Morgan fingerprint density at radius 2 is 1.91 bits per heavy atom. The summed E-state index contributed by atoms with van der Waals surface area (Å²) >= 11 is 0. The van der Waals surface area contributed by atoms with E-state index in [0.29, 0.717) is 17.0 Å². The van der Waals surface area contributed by atoms with Gasteiger partial charge in [-0.15, -0.1) is 0 Å². The number of halogens is 2. The molecule has 4 nitrogen and oxygen atoms in total. The van der Waals surface area contributed by atoms with Gasteiger partial charge in [-0.25, -0.2) is 18.7 Å². The zero-order valence-electron chi connectivity index (χ0n) is 11.3. The molecule has 0 atom stereocenters. The lowest BCUT2D eigenvalue weighted by atomic mass is 10.0. The standard InChI is InChI=1S/C16H9F2N3O/c17-11-2-1-3-12(18)13(11)15-10-4-5-22-16(10)14-9(7-20-15)6-19-8-21-14/h1-6,8H,7H2. The van der Waals surface area contributed by atoms with E-state index >= 15 is 0 Å². The molecule has 2 aromatic heterocycles. The minimum Gasteiger partial charge on any atom is -0.462 e. The second-order valence-electron chi connectivity index (χ2n) is 4.82. The summed E-state index contributed by atoms with van der Waals surface area (Å²) in [5, 5.41) is 0. The Balaban J connectivity index is 1.99. The van der Waals surface area contributed by atoms with E-state index in [1.165, 1.54) is 30.8 Å². The van der Waals surface area contributed by atoms with Gasteiger partial charge in [0.25, 0.3) is 0 Å². The van der Waals surface area contributed by atoms with Gasteiger partial charge in [-0.3, -0.25) is 4.99 Å². The van der Waals surface area contributed by atoms with E-state index in [4.69, 9.17) is 4.42 Å². The fourth-order valence-corrected chi connectivity index (χ4v) is 2.54. The molecular formula is C16H9F2N3O. The fourth-order valence-electron chi connectivity index (χ4n) is 2.54. The molecule has 1 aliphatic rings. The predicted octanol–water partition coefficient (Wildman–Crippen LogP) is 3.37. The van der Waals surface area contributed by atoms with Crippen LogP contribution >= 0.6 is 0 Å². The van der Waals surface area contributed by atoms with Crippen molar-refractivity contribution in [2.24, 2.45) is 4.99 Å². The molecule has 4 rings (SSSR count). The molecule has 3 aromatic rings. The first-order valence-electron chi connectivity index (χ1n) is 6.61. The van der Waals surface area contributed by atoms with Gasteiger partial charge in [0.2, 0.25) is 0 Å². The molecule has 0 unspecified atom stereocenters. The van der Waals surface area contributed by atoms with Gasteiger partial charge in [-0.1, -0.05) is 6.07 Å². The van der Waals surface area contributed by atoms with Gasteiger partial charge >= 0.3 is 0 Å². The van der Waals surface area contributed by atoms with Crippen molar-refractivity contribution in [1.29, 1.82) is 0 Å². The fraction of sp³-hybridized carbons (Fsp3) is 0.0625. The van der Waals surface area contributed by atoms with Crippen LogP contribution in [0.2, 0.25) is 0 Å². The largest absolute Gasteiger partial charge is 0.462 e. The molecule has 0 amide bonds. The Hall–Kier alpha value is -2.89. The Kier molecular flexibility index (Phi) is 2.82. The quantitative estimate of drug-likeness (QED) is 0.692. The lowest BCUT2D eigenvalue weighted by Gasteiger charge is -2.07. The van der Waals surface area contributed by atoms with Crippen molar-refractivity contribution in [2.75, 3.05) is 0 Å². The molecule has 0 N–H and O–H groups in total. The minimum atomic E-state index is -0.664. The Labute approximate surface area is 124 Å². The van der Waals surface area contributed by atoms with E-state index in [2.05, 4.69) is 15.0 Å². The molecular weight excluding hydrogens is 288 g/mol. The number of fused-ring (bicyclic) bond motifs is 3. The SMILES string of the molecule is Fc1cccc(F)c1C1=NCc2cncnc2-c2occc21. The van der Waals surface area contributed by atoms with Crippen LogP contribution in [0.4, 0.5) is 8.78 Å². The van der Waals surface area contributed by atoms with Crippen LogP contribution in [0.5, 0.6) is 0 Å². The third kappa shape index (κ3) is 1.84. The highest BCUT2D eigenvalue weighted by molar-refractivity contribution is 6.16. The predicted molar refractivity (Wildman–Crippen MR) is 75.4 cm³/mol. The van der Waals surface area contributed by atoms with Crippen molar-refractivity contribution >= 4 is 5.71 Å². The molecule has 3 heterocycles. The molecule has 0 saturated heterocycles. The topological polar surface area (TPSA) is 51.3 Å². The van der Waals surface area contributed by atoms with Crippen LogP contribution in [-0.2, 0) is 6.54 Å². The van der Waals surface area contributed by atoms with Crippen LogP contribution in [0.25, 0.3) is 11.5 Å². The van der Waals surface area contributed by atoms with Gasteiger partial charge in [-0.2, -0.15) is 0 Å². The molecule has 0 saturated carbocycles. The maximum absolute atomic E-state index is 14.1. The van der Waals surface area contributed by atoms with Gasteiger partial charge in [0.1, 0.15) is 23.7 Å². The summed E-state index contributed by atoms with van der Waals surface area (Å²) in [4.78, 5) is 12.5. The summed E-state index contributed by atoms with van der Waals surface area (Å²) in [6.07, 6.45) is 4.48. The summed E-state index contributed by atoms with van der Waals surface area (Å²) in [7, 11) is 0. The van der Waals surface area contributed by atoms with Crippen molar-refractivity contribution in [1.82, 2.24) is 9.97 Å². The molecule has 108 valence electrons. The number of aliphatic imine (C=N–C) groups is 1. The van der Waals surface area contributed by atoms with Crippen LogP contribution in [0.1, 0.15) is 16.7 Å². The first-order valence-corrected chi connectivity index (χ1v) is 6.61. The average Bonchev–Trinajstić information content (AvgIpc) is 2.94. The number of benzene rings is 1. The van der Waals surface area contributed by atoms with Crippen LogP contribution in [-0.4, -0.2) is 15.7 Å². The van der Waals surface area contributed by atoms with Crippen LogP contribution in [0, 0.1) is 11.6 Å². The lowest BCUT2D eigenvalue weighted by molar-refractivity contribution is 0.577. The Bertz CT molecular complexity index is 882. The van der Waals surface area contributed by atoms with Gasteiger partial charge in [-0.05, 0) is 18.2 Å². The van der Waals surface area contributed by atoms with Crippen molar-refractivity contribution < 1.29 is 13.2 Å². The molecule has 0 spiro atoms. The highest BCUT2D eigenvalue weighted by atomic mass is 19.1. The first kappa shape index (κ1) is 12.8. The molecule has 0 radical (unpaired) electrons. The van der Waals surface area contributed by atoms with Crippen molar-refractivity contribution in [3.05, 3.63) is 71.4 Å². The number of aromatic nitrogens is 2. The number of nitrogens with zero attached hydrogens (tertiary/aromatic N) is 3. The van der Waals surface area contributed by atoms with E-state index in [-0.39, 0.29) is 17.8 Å². The maximum Gasteiger partial charge on any atom is 0.162 e. The van der Waals surface area contributed by atoms with Crippen LogP contribution in [0.3, 0.4) is 0 Å². The average molecular weight is 297 g/mol. The van der Waals surface area contributed by atoms with Crippen LogP contribution in [0.15, 0.2) is 52.5 Å². The number of hydrogen-bond donors (Lipinski definition) is 0. The number of furan rings is 1. The number of rotatable bonds is 1. The maximum atomic E-state index is 14.1. The van der Waals surface area contributed by atoms with E-state index in [1.807, 2.05) is 0 Å². The zero-order chi connectivity index (χ0) is 15.1. The van der Waals surface area contributed by atoms with E-state index in [9.17, 15) is 8.78 Å². The molecule has 1 aliphatic heterocycles. The van der Waals surface area contributed by atoms with Gasteiger partial charge < -0.3 is 4.42 Å². The molecule has 6 heteroatoms. The summed E-state index contributed by atoms with van der Waals surface area (Å²) in [6, 6.07) is 5.37. The zero-order valence-corrected chi connectivity index (χ0v) is 11.3. The second-order valence-corrected chi connectivity index (χ2v) is 4.82. The molecule has 0 bridgehead atoms. The molecule has 1 aromatic carbocycles. The van der Waals surface area contributed by atoms with Crippen molar-refractivity contribution in [2.45, 2.75) is 6.54 Å². The normalized spacial score (nSPS) is 13.1. The monoisotopic (exact) mass is 297 g/mol. The lowest BCUT2D eigenvalue weighted by Crippen LogP contribution is -2.08. The first-order chi connectivity index (χ1) is 10.8. The third-order valence-corrected chi connectivity index (χ3v) is 3.53. The van der Waals surface area contributed by atoms with Gasteiger partial charge in [0.05, 0.1) is 24.1 Å². The summed E-state index contributed by atoms with van der Waals surface area (Å²) < 4.78 is 33.7.